The molecule has 0 spiro atoms. The molecule has 0 fully saturated rings. The van der Waals surface area contributed by atoms with E-state index in [0.29, 0.717) is 30.3 Å². The average Bonchev–Trinajstić information content (AvgIpc) is 3.12. The highest BCUT2D eigenvalue weighted by Gasteiger charge is 2.11. The van der Waals surface area contributed by atoms with Gasteiger partial charge in [0.2, 0.25) is 5.91 Å². The van der Waals surface area contributed by atoms with Gasteiger partial charge >= 0.3 is 5.97 Å². The number of esters is 1. The summed E-state index contributed by atoms with van der Waals surface area (Å²) in [6, 6.07) is 13.7. The number of rotatable bonds is 9. The van der Waals surface area contributed by atoms with Crippen LogP contribution in [0.25, 0.3) is 5.65 Å². The number of amides is 1. The number of carbonyl (C=O) groups excluding carboxylic acids is 2. The Kier molecular flexibility index (Phi) is 6.50. The van der Waals surface area contributed by atoms with Gasteiger partial charge in [-0.1, -0.05) is 30.3 Å². The third kappa shape index (κ3) is 5.26. The molecule has 146 valence electrons. The molecule has 0 saturated heterocycles. The van der Waals surface area contributed by atoms with E-state index in [4.69, 9.17) is 4.74 Å². The van der Waals surface area contributed by atoms with E-state index < -0.39 is 5.97 Å². The SMILES string of the molecule is CCOC(=O)CNC(=O)CCc1nnc2ccc(NCc3ccccc3)nn12. The van der Waals surface area contributed by atoms with Gasteiger partial charge in [-0.2, -0.15) is 4.52 Å². The van der Waals surface area contributed by atoms with Crippen LogP contribution in [0.2, 0.25) is 0 Å². The van der Waals surface area contributed by atoms with Crippen molar-refractivity contribution in [2.75, 3.05) is 18.5 Å². The fourth-order valence-corrected chi connectivity index (χ4v) is 2.57. The van der Waals surface area contributed by atoms with Gasteiger partial charge < -0.3 is 15.4 Å². The van der Waals surface area contributed by atoms with Crippen molar-refractivity contribution in [2.45, 2.75) is 26.3 Å². The van der Waals surface area contributed by atoms with Gasteiger partial charge in [-0.15, -0.1) is 15.3 Å². The van der Waals surface area contributed by atoms with Gasteiger partial charge in [0, 0.05) is 19.4 Å². The number of aromatic nitrogens is 4. The molecule has 2 N–H and O–H groups in total. The molecule has 0 saturated carbocycles. The number of ether oxygens (including phenoxy) is 1. The summed E-state index contributed by atoms with van der Waals surface area (Å²) in [5.74, 6) is 0.538. The van der Waals surface area contributed by atoms with Crippen LogP contribution in [-0.2, 0) is 27.3 Å². The Hall–Kier alpha value is -3.49. The molecule has 0 bridgehead atoms. The minimum absolute atomic E-state index is 0.140. The Morgan fingerprint density at radius 1 is 1.11 bits per heavy atom. The maximum absolute atomic E-state index is 11.9. The molecule has 3 aromatic rings. The highest BCUT2D eigenvalue weighted by Crippen LogP contribution is 2.10. The number of nitrogens with one attached hydrogen (secondary N) is 2. The topological polar surface area (TPSA) is 111 Å². The van der Waals surface area contributed by atoms with E-state index >= 15 is 0 Å². The molecule has 0 unspecified atom stereocenters. The molecule has 0 aliphatic carbocycles. The van der Waals surface area contributed by atoms with Crippen LogP contribution in [0.1, 0.15) is 24.7 Å². The maximum Gasteiger partial charge on any atom is 0.325 e. The van der Waals surface area contributed by atoms with Crippen LogP contribution in [-0.4, -0.2) is 44.8 Å². The van der Waals surface area contributed by atoms with E-state index in [9.17, 15) is 9.59 Å². The summed E-state index contributed by atoms with van der Waals surface area (Å²) in [7, 11) is 0. The van der Waals surface area contributed by atoms with Gasteiger partial charge in [-0.25, -0.2) is 0 Å². The van der Waals surface area contributed by atoms with E-state index in [1.807, 2.05) is 42.5 Å². The fourth-order valence-electron chi connectivity index (χ4n) is 2.57. The lowest BCUT2D eigenvalue weighted by atomic mass is 10.2. The summed E-state index contributed by atoms with van der Waals surface area (Å²) in [5.41, 5.74) is 1.75. The Labute approximate surface area is 162 Å². The normalized spacial score (nSPS) is 10.6. The Morgan fingerprint density at radius 3 is 2.71 bits per heavy atom. The zero-order valence-electron chi connectivity index (χ0n) is 15.6. The van der Waals surface area contributed by atoms with E-state index in [1.165, 1.54) is 0 Å². The molecule has 2 heterocycles. The van der Waals surface area contributed by atoms with E-state index in [-0.39, 0.29) is 25.5 Å². The first-order chi connectivity index (χ1) is 13.7. The summed E-state index contributed by atoms with van der Waals surface area (Å²) in [6.45, 7) is 2.50. The third-order valence-corrected chi connectivity index (χ3v) is 3.95. The summed E-state index contributed by atoms with van der Waals surface area (Å²) in [5, 5.41) is 18.5. The van der Waals surface area contributed by atoms with Crippen LogP contribution in [0.15, 0.2) is 42.5 Å². The predicted octanol–water partition coefficient (Wildman–Crippen LogP) is 1.35. The van der Waals surface area contributed by atoms with Crippen LogP contribution in [0.3, 0.4) is 0 Å². The molecule has 28 heavy (non-hydrogen) atoms. The largest absolute Gasteiger partial charge is 0.465 e. The first-order valence-corrected chi connectivity index (χ1v) is 9.07. The van der Waals surface area contributed by atoms with E-state index in [0.717, 1.165) is 5.56 Å². The number of benzene rings is 1. The second-order valence-electron chi connectivity index (χ2n) is 6.03. The quantitative estimate of drug-likeness (QED) is 0.537. The van der Waals surface area contributed by atoms with Crippen LogP contribution < -0.4 is 10.6 Å². The summed E-state index contributed by atoms with van der Waals surface area (Å²) < 4.78 is 6.39. The second-order valence-corrected chi connectivity index (χ2v) is 6.03. The van der Waals surface area contributed by atoms with Crippen molar-refractivity contribution in [1.29, 1.82) is 0 Å². The van der Waals surface area contributed by atoms with Crippen molar-refractivity contribution in [1.82, 2.24) is 25.1 Å². The number of aryl methyl sites for hydroxylation is 1. The van der Waals surface area contributed by atoms with Crippen molar-refractivity contribution in [3.63, 3.8) is 0 Å². The zero-order chi connectivity index (χ0) is 19.8. The Bertz CT molecular complexity index is 941. The molecule has 1 amide bonds. The number of hydrogen-bond donors (Lipinski definition) is 2. The minimum Gasteiger partial charge on any atom is -0.465 e. The molecule has 0 radical (unpaired) electrons. The van der Waals surface area contributed by atoms with E-state index in [1.54, 1.807) is 11.4 Å². The monoisotopic (exact) mass is 382 g/mol. The summed E-state index contributed by atoms with van der Waals surface area (Å²) in [6.07, 6.45) is 0.522. The lowest BCUT2D eigenvalue weighted by molar-refractivity contribution is -0.143. The molecular formula is C19H22N6O3. The van der Waals surface area contributed by atoms with Gasteiger partial charge in [0.1, 0.15) is 12.4 Å². The lowest BCUT2D eigenvalue weighted by Gasteiger charge is -2.07. The number of anilines is 1. The molecular weight excluding hydrogens is 360 g/mol. The molecule has 3 rings (SSSR count). The number of hydrogen-bond acceptors (Lipinski definition) is 7. The van der Waals surface area contributed by atoms with Crippen LogP contribution >= 0.6 is 0 Å². The molecule has 9 heteroatoms. The smallest absolute Gasteiger partial charge is 0.325 e. The molecule has 2 aromatic heterocycles. The lowest BCUT2D eigenvalue weighted by Crippen LogP contribution is -2.30. The predicted molar refractivity (Wildman–Crippen MR) is 103 cm³/mol. The molecule has 0 aliphatic heterocycles. The van der Waals surface area contributed by atoms with Gasteiger partial charge in [0.05, 0.1) is 6.61 Å². The maximum atomic E-state index is 11.9. The van der Waals surface area contributed by atoms with E-state index in [2.05, 4.69) is 25.9 Å². The van der Waals surface area contributed by atoms with Crippen molar-refractivity contribution in [3.8, 4) is 0 Å². The molecule has 9 nitrogen and oxygen atoms in total. The number of nitrogens with zero attached hydrogens (tertiary/aromatic N) is 4. The van der Waals surface area contributed by atoms with Crippen LogP contribution in [0, 0.1) is 0 Å². The third-order valence-electron chi connectivity index (χ3n) is 3.95. The Morgan fingerprint density at radius 2 is 1.93 bits per heavy atom. The molecule has 0 atom stereocenters. The molecule has 1 aromatic carbocycles. The fraction of sp³-hybridized carbons (Fsp3) is 0.316. The number of fused-ring (bicyclic) bond motifs is 1. The summed E-state index contributed by atoms with van der Waals surface area (Å²) in [4.78, 5) is 23.2. The standard InChI is InChI=1S/C19H22N6O3/c1-2-28-19(27)13-21-18(26)11-10-17-23-22-16-9-8-15(24-25(16)17)20-12-14-6-4-3-5-7-14/h3-9H,2,10-13H2,1H3,(H,20,24)(H,21,26). The van der Waals surface area contributed by atoms with Crippen molar-refractivity contribution in [2.24, 2.45) is 0 Å². The van der Waals surface area contributed by atoms with Gasteiger partial charge in [0.15, 0.2) is 11.5 Å². The number of carbonyl (C=O) groups is 2. The van der Waals surface area contributed by atoms with Crippen molar-refractivity contribution < 1.29 is 14.3 Å². The van der Waals surface area contributed by atoms with Crippen molar-refractivity contribution >= 4 is 23.3 Å². The van der Waals surface area contributed by atoms with Gasteiger partial charge in [-0.3, -0.25) is 9.59 Å². The Balaban J connectivity index is 1.57. The van der Waals surface area contributed by atoms with Gasteiger partial charge in [-0.05, 0) is 24.6 Å². The van der Waals surface area contributed by atoms with Crippen LogP contribution in [0.5, 0.6) is 0 Å². The zero-order valence-corrected chi connectivity index (χ0v) is 15.6. The van der Waals surface area contributed by atoms with Crippen LogP contribution in [0.4, 0.5) is 5.82 Å². The first kappa shape index (κ1) is 19.3. The highest BCUT2D eigenvalue weighted by molar-refractivity contribution is 5.81. The first-order valence-electron chi connectivity index (χ1n) is 9.07. The molecule has 0 aliphatic rings. The van der Waals surface area contributed by atoms with Gasteiger partial charge in [0.25, 0.3) is 0 Å². The average molecular weight is 382 g/mol. The minimum atomic E-state index is -0.459. The second kappa shape index (κ2) is 9.45. The summed E-state index contributed by atoms with van der Waals surface area (Å²) >= 11 is 0. The van der Waals surface area contributed by atoms with Crippen molar-refractivity contribution in [3.05, 3.63) is 53.9 Å². The highest BCUT2D eigenvalue weighted by atomic mass is 16.5.